The fraction of sp³-hybridized carbons (Fsp3) is 1.00. The first-order valence-corrected chi connectivity index (χ1v) is 5.76. The lowest BCUT2D eigenvalue weighted by atomic mass is 10.0. The Balaban J connectivity index is 3.22. The van der Waals surface area contributed by atoms with Crippen LogP contribution < -0.4 is 0 Å². The van der Waals surface area contributed by atoms with Crippen molar-refractivity contribution in [3.63, 3.8) is 0 Å². The fourth-order valence-corrected chi connectivity index (χ4v) is 1.85. The minimum atomic E-state index is 0.765. The summed E-state index contributed by atoms with van der Waals surface area (Å²) in [5, 5.41) is 0. The Bertz CT molecular complexity index is 80.9. The molecule has 0 bridgehead atoms. The van der Waals surface area contributed by atoms with E-state index in [-0.39, 0.29) is 0 Å². The minimum absolute atomic E-state index is 0.765. The molecule has 0 saturated heterocycles. The first-order chi connectivity index (χ1) is 5.20. The fourth-order valence-electron chi connectivity index (χ4n) is 1.13. The van der Waals surface area contributed by atoms with Crippen LogP contribution >= 0.6 is 15.9 Å². The van der Waals surface area contributed by atoms with Crippen LogP contribution in [-0.4, -0.2) is 4.83 Å². The highest BCUT2D eigenvalue weighted by Crippen LogP contribution is 2.18. The summed E-state index contributed by atoms with van der Waals surface area (Å²) in [6.07, 6.45) is 6.69. The molecular formula is C10H21Br. The molecule has 0 saturated carbocycles. The molecule has 0 aliphatic carbocycles. The summed E-state index contributed by atoms with van der Waals surface area (Å²) >= 11 is 3.70. The molecule has 0 amide bonds. The first-order valence-electron chi connectivity index (χ1n) is 4.84. The summed E-state index contributed by atoms with van der Waals surface area (Å²) in [6.45, 7) is 6.86. The van der Waals surface area contributed by atoms with Crippen molar-refractivity contribution in [1.82, 2.24) is 0 Å². The number of alkyl halides is 1. The van der Waals surface area contributed by atoms with Crippen LogP contribution in [0.2, 0.25) is 0 Å². The SMILES string of the molecule is CCCC(Br)CCC(C)CC. The third-order valence-corrected chi connectivity index (χ3v) is 3.19. The van der Waals surface area contributed by atoms with Crippen LogP contribution in [0.4, 0.5) is 0 Å². The van der Waals surface area contributed by atoms with E-state index in [1.165, 1.54) is 32.1 Å². The van der Waals surface area contributed by atoms with E-state index in [1.54, 1.807) is 0 Å². The topological polar surface area (TPSA) is 0 Å². The largest absolute Gasteiger partial charge is 0.0891 e. The van der Waals surface area contributed by atoms with Gasteiger partial charge in [-0.15, -0.1) is 0 Å². The van der Waals surface area contributed by atoms with E-state index in [4.69, 9.17) is 0 Å². The Morgan fingerprint density at radius 1 is 1.09 bits per heavy atom. The number of hydrogen-bond acceptors (Lipinski definition) is 0. The molecule has 0 heterocycles. The highest BCUT2D eigenvalue weighted by Gasteiger charge is 2.04. The molecule has 0 radical (unpaired) electrons. The Kier molecular flexibility index (Phi) is 7.46. The van der Waals surface area contributed by atoms with E-state index in [9.17, 15) is 0 Å². The molecule has 1 heteroatoms. The van der Waals surface area contributed by atoms with Crippen molar-refractivity contribution in [3.8, 4) is 0 Å². The van der Waals surface area contributed by atoms with Gasteiger partial charge in [0.1, 0.15) is 0 Å². The van der Waals surface area contributed by atoms with E-state index in [0.717, 1.165) is 10.7 Å². The number of rotatable bonds is 6. The Labute approximate surface area is 79.9 Å². The smallest absolute Gasteiger partial charge is 0.0145 e. The van der Waals surface area contributed by atoms with Gasteiger partial charge >= 0.3 is 0 Å². The van der Waals surface area contributed by atoms with Crippen LogP contribution in [0.1, 0.15) is 52.9 Å². The maximum Gasteiger partial charge on any atom is 0.0145 e. The molecule has 0 spiro atoms. The quantitative estimate of drug-likeness (QED) is 0.584. The molecule has 11 heavy (non-hydrogen) atoms. The van der Waals surface area contributed by atoms with Crippen molar-refractivity contribution < 1.29 is 0 Å². The lowest BCUT2D eigenvalue weighted by Gasteiger charge is -2.11. The van der Waals surface area contributed by atoms with Gasteiger partial charge in [0, 0.05) is 4.83 Å². The van der Waals surface area contributed by atoms with Crippen LogP contribution in [-0.2, 0) is 0 Å². The summed E-state index contributed by atoms with van der Waals surface area (Å²) in [7, 11) is 0. The second-order valence-corrected chi connectivity index (χ2v) is 4.77. The second-order valence-electron chi connectivity index (χ2n) is 3.48. The molecule has 0 nitrogen and oxygen atoms in total. The molecule has 0 fully saturated rings. The Morgan fingerprint density at radius 2 is 1.73 bits per heavy atom. The van der Waals surface area contributed by atoms with Gasteiger partial charge in [-0.25, -0.2) is 0 Å². The maximum absolute atomic E-state index is 3.70. The molecule has 2 atom stereocenters. The summed E-state index contributed by atoms with van der Waals surface area (Å²) in [5.41, 5.74) is 0. The van der Waals surface area contributed by atoms with Crippen LogP contribution in [0.15, 0.2) is 0 Å². The molecular weight excluding hydrogens is 200 g/mol. The molecule has 0 aliphatic heterocycles. The van der Waals surface area contributed by atoms with Gasteiger partial charge in [0.2, 0.25) is 0 Å². The summed E-state index contributed by atoms with van der Waals surface area (Å²) in [5.74, 6) is 0.909. The van der Waals surface area contributed by atoms with E-state index in [2.05, 4.69) is 36.7 Å². The third kappa shape index (κ3) is 6.86. The van der Waals surface area contributed by atoms with Gasteiger partial charge in [-0.05, 0) is 25.2 Å². The molecule has 0 N–H and O–H groups in total. The molecule has 0 aromatic carbocycles. The van der Waals surface area contributed by atoms with Gasteiger partial charge in [-0.2, -0.15) is 0 Å². The van der Waals surface area contributed by atoms with Crippen molar-refractivity contribution in [2.24, 2.45) is 5.92 Å². The van der Waals surface area contributed by atoms with Crippen LogP contribution in [0.5, 0.6) is 0 Å². The van der Waals surface area contributed by atoms with Crippen molar-refractivity contribution >= 4 is 15.9 Å². The summed E-state index contributed by atoms with van der Waals surface area (Å²) in [4.78, 5) is 0.765. The number of hydrogen-bond donors (Lipinski definition) is 0. The van der Waals surface area contributed by atoms with Crippen molar-refractivity contribution in [2.75, 3.05) is 0 Å². The average molecular weight is 221 g/mol. The summed E-state index contributed by atoms with van der Waals surface area (Å²) in [6, 6.07) is 0. The maximum atomic E-state index is 3.70. The first kappa shape index (κ1) is 11.5. The van der Waals surface area contributed by atoms with E-state index in [0.29, 0.717) is 0 Å². The Morgan fingerprint density at radius 3 is 2.18 bits per heavy atom. The van der Waals surface area contributed by atoms with E-state index in [1.807, 2.05) is 0 Å². The normalized spacial score (nSPS) is 16.4. The van der Waals surface area contributed by atoms with Crippen LogP contribution in [0.25, 0.3) is 0 Å². The molecule has 68 valence electrons. The average Bonchev–Trinajstić information content (AvgIpc) is 2.01. The molecule has 0 aromatic rings. The standard InChI is InChI=1S/C10H21Br/c1-4-6-10(11)8-7-9(3)5-2/h9-10H,4-8H2,1-3H3. The monoisotopic (exact) mass is 220 g/mol. The minimum Gasteiger partial charge on any atom is -0.0891 e. The zero-order valence-corrected chi connectivity index (χ0v) is 9.65. The highest BCUT2D eigenvalue weighted by molar-refractivity contribution is 9.09. The zero-order valence-electron chi connectivity index (χ0n) is 8.07. The predicted molar refractivity (Wildman–Crippen MR) is 56.3 cm³/mol. The molecule has 0 rings (SSSR count). The van der Waals surface area contributed by atoms with Gasteiger partial charge in [0.05, 0.1) is 0 Å². The number of halogens is 1. The zero-order chi connectivity index (χ0) is 8.69. The second kappa shape index (κ2) is 7.15. The highest BCUT2D eigenvalue weighted by atomic mass is 79.9. The molecule has 2 unspecified atom stereocenters. The van der Waals surface area contributed by atoms with Crippen molar-refractivity contribution in [3.05, 3.63) is 0 Å². The Hall–Kier alpha value is 0.480. The van der Waals surface area contributed by atoms with Gasteiger partial charge in [-0.3, -0.25) is 0 Å². The predicted octanol–water partition coefficient (Wildman–Crippen LogP) is 4.38. The summed E-state index contributed by atoms with van der Waals surface area (Å²) < 4.78 is 0. The molecule has 0 aliphatic rings. The van der Waals surface area contributed by atoms with Crippen LogP contribution in [0, 0.1) is 5.92 Å². The lowest BCUT2D eigenvalue weighted by molar-refractivity contribution is 0.484. The van der Waals surface area contributed by atoms with E-state index < -0.39 is 0 Å². The lowest BCUT2D eigenvalue weighted by Crippen LogP contribution is -2.01. The van der Waals surface area contributed by atoms with Crippen molar-refractivity contribution in [2.45, 2.75) is 57.7 Å². The van der Waals surface area contributed by atoms with Gasteiger partial charge < -0.3 is 0 Å². The third-order valence-electron chi connectivity index (χ3n) is 2.27. The van der Waals surface area contributed by atoms with Gasteiger partial charge in [0.15, 0.2) is 0 Å². The van der Waals surface area contributed by atoms with Crippen molar-refractivity contribution in [1.29, 1.82) is 0 Å². The molecule has 0 aromatic heterocycles. The van der Waals surface area contributed by atoms with E-state index >= 15 is 0 Å². The van der Waals surface area contributed by atoms with Gasteiger partial charge in [-0.1, -0.05) is 49.5 Å². The van der Waals surface area contributed by atoms with Crippen LogP contribution in [0.3, 0.4) is 0 Å². The van der Waals surface area contributed by atoms with Gasteiger partial charge in [0.25, 0.3) is 0 Å².